The van der Waals surface area contributed by atoms with Gasteiger partial charge in [-0.15, -0.1) is 0 Å². The molecular formula is C24H24BrN3OS. The molecule has 1 saturated carbocycles. The lowest BCUT2D eigenvalue weighted by Gasteiger charge is -2.31. The van der Waals surface area contributed by atoms with Gasteiger partial charge in [0.15, 0.2) is 5.11 Å². The maximum Gasteiger partial charge on any atom is 0.170 e. The van der Waals surface area contributed by atoms with Gasteiger partial charge in [-0.2, -0.15) is 0 Å². The number of furan rings is 1. The Balaban J connectivity index is 1.55. The lowest BCUT2D eigenvalue weighted by molar-refractivity contribution is 0.218. The van der Waals surface area contributed by atoms with E-state index in [1.54, 1.807) is 0 Å². The zero-order chi connectivity index (χ0) is 20.7. The molecule has 1 N–H and O–H groups in total. The number of thiocarbonyl (C=S) groups is 1. The molecule has 2 aliphatic rings. The number of pyridine rings is 1. The summed E-state index contributed by atoms with van der Waals surface area (Å²) in [7, 11) is 0. The van der Waals surface area contributed by atoms with Crippen LogP contribution in [0, 0.1) is 6.92 Å². The molecule has 4 nitrogen and oxygen atoms in total. The molecule has 2 fully saturated rings. The fourth-order valence-electron chi connectivity index (χ4n) is 4.72. The van der Waals surface area contributed by atoms with Gasteiger partial charge in [-0.05, 0) is 73.9 Å². The van der Waals surface area contributed by atoms with Crippen molar-refractivity contribution in [2.45, 2.75) is 50.7 Å². The van der Waals surface area contributed by atoms with Gasteiger partial charge < -0.3 is 14.6 Å². The molecule has 5 rings (SSSR count). The average molecular weight is 482 g/mol. The first-order valence-corrected chi connectivity index (χ1v) is 11.7. The van der Waals surface area contributed by atoms with E-state index in [4.69, 9.17) is 16.6 Å². The fraction of sp³-hybridized carbons (Fsp3) is 0.333. The number of hydrogen-bond donors (Lipinski definition) is 1. The van der Waals surface area contributed by atoms with Crippen molar-refractivity contribution in [3.05, 3.63) is 76.2 Å². The molecule has 1 aliphatic heterocycles. The van der Waals surface area contributed by atoms with Crippen molar-refractivity contribution in [1.82, 2.24) is 15.2 Å². The average Bonchev–Trinajstić information content (AvgIpc) is 3.48. The molecule has 2 aromatic heterocycles. The van der Waals surface area contributed by atoms with Gasteiger partial charge in [0.1, 0.15) is 17.6 Å². The van der Waals surface area contributed by atoms with E-state index in [0.29, 0.717) is 6.04 Å². The second-order valence-electron chi connectivity index (χ2n) is 8.16. The van der Waals surface area contributed by atoms with Gasteiger partial charge in [0.2, 0.25) is 0 Å². The zero-order valence-corrected chi connectivity index (χ0v) is 19.2. The first-order valence-electron chi connectivity index (χ1n) is 10.5. The van der Waals surface area contributed by atoms with Gasteiger partial charge in [0, 0.05) is 22.3 Å². The molecule has 30 heavy (non-hydrogen) atoms. The third-order valence-electron chi connectivity index (χ3n) is 6.16. The molecule has 154 valence electrons. The molecule has 0 bridgehead atoms. The highest BCUT2D eigenvalue weighted by molar-refractivity contribution is 9.10. The highest BCUT2D eigenvalue weighted by Gasteiger charge is 2.45. The number of rotatable bonds is 4. The molecule has 1 saturated heterocycles. The number of aryl methyl sites for hydroxylation is 1. The summed E-state index contributed by atoms with van der Waals surface area (Å²) in [6.07, 6.45) is 6.69. The number of aromatic nitrogens is 1. The SMILES string of the molecule is Cc1ccc(-c2ccc(C3C(c4ccccn4)NC(=S)N3C3CCCC3)o2)c(Br)c1. The summed E-state index contributed by atoms with van der Waals surface area (Å²) >= 11 is 9.49. The Hall–Kier alpha value is -2.18. The van der Waals surface area contributed by atoms with Crippen LogP contribution in [0.5, 0.6) is 0 Å². The van der Waals surface area contributed by atoms with Crippen LogP contribution in [0.2, 0.25) is 0 Å². The maximum atomic E-state index is 6.47. The summed E-state index contributed by atoms with van der Waals surface area (Å²) in [5.74, 6) is 1.79. The third-order valence-corrected chi connectivity index (χ3v) is 7.15. The standard InChI is InChI=1S/C24H24BrN3OS/c1-15-9-10-17(18(25)14-15)20-11-12-21(29-20)23-22(19-8-4-5-13-26-19)27-24(30)28(23)16-6-2-3-7-16/h4-5,8-14,16,22-23H,2-3,6-7H2,1H3,(H,27,30). The van der Waals surface area contributed by atoms with Gasteiger partial charge in [-0.1, -0.05) is 40.9 Å². The first-order chi connectivity index (χ1) is 14.6. The normalized spacial score (nSPS) is 21.9. The molecule has 6 heteroatoms. The number of hydrogen-bond acceptors (Lipinski definition) is 3. The molecule has 2 atom stereocenters. The zero-order valence-electron chi connectivity index (χ0n) is 16.8. The maximum absolute atomic E-state index is 6.47. The van der Waals surface area contributed by atoms with Crippen molar-refractivity contribution in [3.63, 3.8) is 0 Å². The minimum Gasteiger partial charge on any atom is -0.459 e. The smallest absolute Gasteiger partial charge is 0.170 e. The van der Waals surface area contributed by atoms with Crippen molar-refractivity contribution in [3.8, 4) is 11.3 Å². The first kappa shape index (κ1) is 19.8. The van der Waals surface area contributed by atoms with E-state index in [1.165, 1.54) is 31.2 Å². The topological polar surface area (TPSA) is 41.3 Å². The summed E-state index contributed by atoms with van der Waals surface area (Å²) in [4.78, 5) is 6.99. The van der Waals surface area contributed by atoms with Crippen LogP contribution in [0.1, 0.15) is 54.8 Å². The molecule has 1 aromatic carbocycles. The lowest BCUT2D eigenvalue weighted by atomic mass is 10.0. The molecule has 3 aromatic rings. The fourth-order valence-corrected chi connectivity index (χ4v) is 5.80. The predicted molar refractivity (Wildman–Crippen MR) is 126 cm³/mol. The Morgan fingerprint density at radius 2 is 1.97 bits per heavy atom. The Kier molecular flexibility index (Phi) is 5.37. The molecule has 2 unspecified atom stereocenters. The van der Waals surface area contributed by atoms with E-state index in [1.807, 2.05) is 18.3 Å². The van der Waals surface area contributed by atoms with Gasteiger partial charge in [0.25, 0.3) is 0 Å². The van der Waals surface area contributed by atoms with E-state index in [2.05, 4.69) is 74.5 Å². The van der Waals surface area contributed by atoms with E-state index in [9.17, 15) is 0 Å². The summed E-state index contributed by atoms with van der Waals surface area (Å²) < 4.78 is 7.50. The monoisotopic (exact) mass is 481 g/mol. The number of nitrogens with zero attached hydrogens (tertiary/aromatic N) is 2. The van der Waals surface area contributed by atoms with Crippen LogP contribution >= 0.6 is 28.1 Å². The van der Waals surface area contributed by atoms with Crippen LogP contribution in [0.25, 0.3) is 11.3 Å². The van der Waals surface area contributed by atoms with Crippen LogP contribution in [0.4, 0.5) is 0 Å². The van der Waals surface area contributed by atoms with Crippen molar-refractivity contribution in [2.75, 3.05) is 0 Å². The van der Waals surface area contributed by atoms with Gasteiger partial charge in [-0.3, -0.25) is 4.98 Å². The van der Waals surface area contributed by atoms with Crippen molar-refractivity contribution >= 4 is 33.3 Å². The minimum absolute atomic E-state index is 0.00604. The molecule has 0 amide bonds. The van der Waals surface area contributed by atoms with Crippen molar-refractivity contribution in [1.29, 1.82) is 0 Å². The number of halogens is 1. The Bertz CT molecular complexity index is 1060. The van der Waals surface area contributed by atoms with Gasteiger partial charge >= 0.3 is 0 Å². The molecule has 3 heterocycles. The Morgan fingerprint density at radius 1 is 1.13 bits per heavy atom. The summed E-state index contributed by atoms with van der Waals surface area (Å²) in [6.45, 7) is 2.09. The Morgan fingerprint density at radius 3 is 2.70 bits per heavy atom. The highest BCUT2D eigenvalue weighted by Crippen LogP contribution is 2.44. The second kappa shape index (κ2) is 8.16. The predicted octanol–water partition coefficient (Wildman–Crippen LogP) is 6.33. The second-order valence-corrected chi connectivity index (χ2v) is 9.40. The van der Waals surface area contributed by atoms with Crippen LogP contribution in [0.15, 0.2) is 63.6 Å². The summed E-state index contributed by atoms with van der Waals surface area (Å²) in [6, 6.07) is 16.9. The van der Waals surface area contributed by atoms with E-state index in [-0.39, 0.29) is 12.1 Å². The van der Waals surface area contributed by atoms with Gasteiger partial charge in [0.05, 0.1) is 11.7 Å². The quantitative estimate of drug-likeness (QED) is 0.441. The Labute approximate surface area is 190 Å². The summed E-state index contributed by atoms with van der Waals surface area (Å²) in [5, 5.41) is 4.34. The lowest BCUT2D eigenvalue weighted by Crippen LogP contribution is -2.37. The van der Waals surface area contributed by atoms with E-state index >= 15 is 0 Å². The van der Waals surface area contributed by atoms with Crippen LogP contribution in [-0.4, -0.2) is 21.0 Å². The molecule has 1 aliphatic carbocycles. The highest BCUT2D eigenvalue weighted by atomic mass is 79.9. The molecule has 0 spiro atoms. The van der Waals surface area contributed by atoms with Gasteiger partial charge in [-0.25, -0.2) is 0 Å². The largest absolute Gasteiger partial charge is 0.459 e. The van der Waals surface area contributed by atoms with Crippen molar-refractivity contribution < 1.29 is 4.42 Å². The van der Waals surface area contributed by atoms with Crippen LogP contribution in [-0.2, 0) is 0 Å². The van der Waals surface area contributed by atoms with E-state index < -0.39 is 0 Å². The number of nitrogens with one attached hydrogen (secondary N) is 1. The van der Waals surface area contributed by atoms with E-state index in [0.717, 1.165) is 32.4 Å². The molecule has 0 radical (unpaired) electrons. The van der Waals surface area contributed by atoms with Crippen molar-refractivity contribution in [2.24, 2.45) is 0 Å². The minimum atomic E-state index is -0.0280. The molecular weight excluding hydrogens is 458 g/mol. The van der Waals surface area contributed by atoms with Crippen LogP contribution in [0.3, 0.4) is 0 Å². The summed E-state index contributed by atoms with van der Waals surface area (Å²) in [5.41, 5.74) is 3.26. The van der Waals surface area contributed by atoms with Crippen LogP contribution < -0.4 is 5.32 Å². The third kappa shape index (κ3) is 3.56. The number of benzene rings is 1.